The van der Waals surface area contributed by atoms with Crippen LogP contribution in [-0.2, 0) is 25.7 Å². The SMILES string of the molecule is CC(C)c1nc(-c2ccc(NS(=O)(=O)c3ccc(C(F)(F)F)nc3)c(F)c2)c2c(N)ncc(C3=CCC(NC4COC4)CC3)n12.O=CO. The Morgan fingerprint density at radius 1 is 1.12 bits per heavy atom. The lowest BCUT2D eigenvalue weighted by atomic mass is 9.92. The molecule has 12 nitrogen and oxygen atoms in total. The number of halogens is 4. The van der Waals surface area contributed by atoms with Crippen LogP contribution in [0, 0.1) is 5.82 Å². The topological polar surface area (TPSA) is 174 Å². The van der Waals surface area contributed by atoms with E-state index in [0.29, 0.717) is 46.9 Å². The van der Waals surface area contributed by atoms with E-state index in [4.69, 9.17) is 25.4 Å². The number of sulfonamides is 1. The lowest BCUT2D eigenvalue weighted by Gasteiger charge is -2.33. The number of ether oxygens (including phenoxy) is 1. The van der Waals surface area contributed by atoms with E-state index in [1.54, 1.807) is 6.20 Å². The number of nitrogen functional groups attached to an aromatic ring is 1. The highest BCUT2D eigenvalue weighted by Gasteiger charge is 2.33. The second-order valence-electron chi connectivity index (χ2n) is 11.6. The van der Waals surface area contributed by atoms with Gasteiger partial charge in [0.05, 0.1) is 36.8 Å². The molecule has 1 aromatic carbocycles. The molecular weight excluding hydrogens is 658 g/mol. The molecule has 1 aliphatic heterocycles. The van der Waals surface area contributed by atoms with Crippen LogP contribution in [0.4, 0.5) is 29.1 Å². The van der Waals surface area contributed by atoms with Crippen molar-refractivity contribution in [2.24, 2.45) is 0 Å². The summed E-state index contributed by atoms with van der Waals surface area (Å²) < 4.78 is 88.8. The summed E-state index contributed by atoms with van der Waals surface area (Å²) in [5.74, 6) is -0.0421. The van der Waals surface area contributed by atoms with Crippen molar-refractivity contribution in [3.8, 4) is 11.3 Å². The standard InChI is InChI=1S/C30H31F4N7O3S.CH2O2/c1-16(2)29-39-26(27-28(35)37-13-24(41(27)29)17-3-6-19(7-4-17)38-20-14-44-15-20)18-5-9-23(22(31)11-18)40-45(42,43)21-8-10-25(36-12-21)30(32,33)34;2-1-3/h3,5,8-13,16,19-20,38,40H,4,6-7,14-15H2,1-2H3,(H2,35,37);1H,(H,2,3). The average molecular weight is 692 g/mol. The number of alkyl halides is 3. The van der Waals surface area contributed by atoms with Gasteiger partial charge in [-0.2, -0.15) is 13.2 Å². The molecule has 0 saturated carbocycles. The van der Waals surface area contributed by atoms with E-state index in [-0.39, 0.29) is 18.2 Å². The van der Waals surface area contributed by atoms with Gasteiger partial charge in [-0.1, -0.05) is 26.0 Å². The van der Waals surface area contributed by atoms with Gasteiger partial charge >= 0.3 is 6.18 Å². The van der Waals surface area contributed by atoms with Crippen molar-refractivity contribution in [1.82, 2.24) is 24.7 Å². The molecule has 1 saturated heterocycles. The van der Waals surface area contributed by atoms with Crippen LogP contribution in [-0.4, -0.2) is 64.6 Å². The van der Waals surface area contributed by atoms with Crippen LogP contribution in [0.2, 0.25) is 0 Å². The number of aromatic nitrogens is 4. The zero-order chi connectivity index (χ0) is 34.8. The minimum atomic E-state index is -4.73. The summed E-state index contributed by atoms with van der Waals surface area (Å²) in [5.41, 5.74) is 7.92. The van der Waals surface area contributed by atoms with Gasteiger partial charge < -0.3 is 20.9 Å². The first kappa shape index (κ1) is 34.7. The first-order chi connectivity index (χ1) is 22.7. The molecule has 3 aromatic heterocycles. The third-order valence-electron chi connectivity index (χ3n) is 7.90. The van der Waals surface area contributed by atoms with E-state index in [0.717, 1.165) is 55.9 Å². The van der Waals surface area contributed by atoms with Crippen molar-refractivity contribution in [2.75, 3.05) is 23.7 Å². The smallest absolute Gasteiger partial charge is 0.433 e. The van der Waals surface area contributed by atoms with Crippen LogP contribution in [0.3, 0.4) is 0 Å². The highest BCUT2D eigenvalue weighted by Crippen LogP contribution is 2.37. The van der Waals surface area contributed by atoms with Gasteiger partial charge in [0.15, 0.2) is 0 Å². The predicted octanol–water partition coefficient (Wildman–Crippen LogP) is 5.08. The molecular formula is C31H33F4N7O5S. The van der Waals surface area contributed by atoms with Crippen molar-refractivity contribution in [1.29, 1.82) is 0 Å². The Morgan fingerprint density at radius 2 is 1.85 bits per heavy atom. The third kappa shape index (κ3) is 7.27. The number of hydrogen-bond donors (Lipinski definition) is 4. The van der Waals surface area contributed by atoms with E-state index in [1.807, 2.05) is 18.2 Å². The van der Waals surface area contributed by atoms with E-state index < -0.39 is 38.3 Å². The van der Waals surface area contributed by atoms with Gasteiger partial charge in [-0.05, 0) is 49.1 Å². The molecule has 256 valence electrons. The van der Waals surface area contributed by atoms with Gasteiger partial charge in [0.25, 0.3) is 16.5 Å². The second-order valence-corrected chi connectivity index (χ2v) is 13.3. The Kier molecular flexibility index (Phi) is 10.0. The fraction of sp³-hybridized carbons (Fsp3) is 0.355. The Hall–Kier alpha value is -4.61. The number of allylic oxidation sites excluding steroid dienone is 1. The lowest BCUT2D eigenvalue weighted by molar-refractivity contribution is -0.141. The van der Waals surface area contributed by atoms with Gasteiger partial charge in [0.2, 0.25) is 0 Å². The first-order valence-electron chi connectivity index (χ1n) is 14.9. The van der Waals surface area contributed by atoms with Gasteiger partial charge in [-0.25, -0.2) is 22.8 Å². The number of anilines is 2. The average Bonchev–Trinajstić information content (AvgIpc) is 3.43. The number of pyridine rings is 1. The molecule has 4 heterocycles. The summed E-state index contributed by atoms with van der Waals surface area (Å²) in [4.78, 5) is 20.3. The summed E-state index contributed by atoms with van der Waals surface area (Å²) in [6.45, 7) is 5.19. The number of fused-ring (bicyclic) bond motifs is 1. The fourth-order valence-electron chi connectivity index (χ4n) is 5.52. The number of hydrogen-bond acceptors (Lipinski definition) is 9. The van der Waals surface area contributed by atoms with Gasteiger partial charge in [0, 0.05) is 23.7 Å². The molecule has 6 rings (SSSR count). The first-order valence-corrected chi connectivity index (χ1v) is 16.4. The lowest BCUT2D eigenvalue weighted by Crippen LogP contribution is -2.50. The van der Waals surface area contributed by atoms with E-state index in [1.165, 1.54) is 12.1 Å². The molecule has 48 heavy (non-hydrogen) atoms. The molecule has 0 spiro atoms. The molecule has 1 fully saturated rings. The van der Waals surface area contributed by atoms with E-state index >= 15 is 4.39 Å². The highest BCUT2D eigenvalue weighted by molar-refractivity contribution is 7.92. The Balaban J connectivity index is 0.00000145. The number of rotatable bonds is 8. The highest BCUT2D eigenvalue weighted by atomic mass is 32.2. The summed E-state index contributed by atoms with van der Waals surface area (Å²) in [7, 11) is -4.44. The second kappa shape index (κ2) is 13.9. The van der Waals surface area contributed by atoms with Crippen molar-refractivity contribution in [3.63, 3.8) is 0 Å². The summed E-state index contributed by atoms with van der Waals surface area (Å²) >= 11 is 0. The maximum atomic E-state index is 15.4. The zero-order valence-electron chi connectivity index (χ0n) is 25.8. The minimum Gasteiger partial charge on any atom is -0.483 e. The number of nitrogens with one attached hydrogen (secondary N) is 2. The maximum absolute atomic E-state index is 15.4. The fourth-order valence-corrected chi connectivity index (χ4v) is 6.53. The van der Waals surface area contributed by atoms with Crippen molar-refractivity contribution < 1.29 is 40.6 Å². The summed E-state index contributed by atoms with van der Waals surface area (Å²) in [5, 5.41) is 10.5. The molecule has 17 heteroatoms. The van der Waals surface area contributed by atoms with Crippen molar-refractivity contribution in [3.05, 3.63) is 71.8 Å². The maximum Gasteiger partial charge on any atom is 0.433 e. The van der Waals surface area contributed by atoms with Crippen molar-refractivity contribution >= 4 is 39.1 Å². The molecule has 5 N–H and O–H groups in total. The van der Waals surface area contributed by atoms with E-state index in [9.17, 15) is 21.6 Å². The molecule has 0 bridgehead atoms. The molecule has 0 radical (unpaired) electrons. The molecule has 0 amide bonds. The van der Waals surface area contributed by atoms with E-state index in [2.05, 4.69) is 26.1 Å². The summed E-state index contributed by atoms with van der Waals surface area (Å²) in [6, 6.07) is 5.88. The number of benzene rings is 1. The van der Waals surface area contributed by atoms with Crippen LogP contribution in [0.15, 0.2) is 53.7 Å². The third-order valence-corrected chi connectivity index (χ3v) is 9.25. The Labute approximate surface area is 273 Å². The van der Waals surface area contributed by atoms with Gasteiger partial charge in [-0.3, -0.25) is 18.9 Å². The Morgan fingerprint density at radius 3 is 2.40 bits per heavy atom. The largest absolute Gasteiger partial charge is 0.483 e. The van der Waals surface area contributed by atoms with Crippen LogP contribution in [0.1, 0.15) is 56.2 Å². The Bertz CT molecular complexity index is 1940. The monoisotopic (exact) mass is 691 g/mol. The van der Waals surface area contributed by atoms with Crippen LogP contribution in [0.5, 0.6) is 0 Å². The number of carbonyl (C=O) groups is 1. The number of imidazole rings is 1. The van der Waals surface area contributed by atoms with Crippen LogP contribution >= 0.6 is 0 Å². The number of nitrogens with two attached hydrogens (primary N) is 1. The predicted molar refractivity (Wildman–Crippen MR) is 169 cm³/mol. The molecule has 1 unspecified atom stereocenters. The minimum absolute atomic E-state index is 0.0303. The molecule has 1 aliphatic carbocycles. The quantitative estimate of drug-likeness (QED) is 0.144. The van der Waals surface area contributed by atoms with Crippen LogP contribution < -0.4 is 15.8 Å². The molecule has 2 aliphatic rings. The number of nitrogens with zero attached hydrogens (tertiary/aromatic N) is 4. The molecule has 4 aromatic rings. The normalized spacial score (nSPS) is 17.0. The van der Waals surface area contributed by atoms with Gasteiger partial charge in [-0.15, -0.1) is 0 Å². The number of carboxylic acid groups (broad SMARTS) is 1. The zero-order valence-corrected chi connectivity index (χ0v) is 26.6. The summed E-state index contributed by atoms with van der Waals surface area (Å²) in [6.07, 6.45) is 2.37. The van der Waals surface area contributed by atoms with Gasteiger partial charge in [0.1, 0.15) is 39.3 Å². The molecule has 1 atom stereocenters. The van der Waals surface area contributed by atoms with Crippen molar-refractivity contribution in [2.45, 2.75) is 62.2 Å². The van der Waals surface area contributed by atoms with Crippen LogP contribution in [0.25, 0.3) is 22.3 Å².